The highest BCUT2D eigenvalue weighted by atomic mass is 35.5. The van der Waals surface area contributed by atoms with Gasteiger partial charge in [-0.1, -0.05) is 17.7 Å². The Kier molecular flexibility index (Phi) is 4.23. The lowest BCUT2D eigenvalue weighted by molar-refractivity contribution is -0.118. The maximum atomic E-state index is 11.3. The number of carbonyl (C=O) groups is 1. The number of hydrogen-bond acceptors (Lipinski definition) is 2. The average Bonchev–Trinajstić information content (AvgIpc) is 2.10. The van der Waals surface area contributed by atoms with Crippen molar-refractivity contribution in [1.82, 2.24) is 0 Å². The Bertz CT molecular complexity index is 339. The Hall–Kier alpha value is -0.730. The zero-order valence-electron chi connectivity index (χ0n) is 7.59. The fourth-order valence-electron chi connectivity index (χ4n) is 1.13. The van der Waals surface area contributed by atoms with Crippen LogP contribution in [-0.2, 0) is 11.2 Å². The number of rotatable bonds is 4. The van der Waals surface area contributed by atoms with Crippen molar-refractivity contribution in [2.24, 2.45) is 0 Å². The lowest BCUT2D eigenvalue weighted by Crippen LogP contribution is -2.05. The summed E-state index contributed by atoms with van der Waals surface area (Å²) in [6, 6.07) is 5.13. The number of benzene rings is 1. The minimum atomic E-state index is 0.0917. The first-order valence-corrected chi connectivity index (χ1v) is 5.16. The van der Waals surface area contributed by atoms with Gasteiger partial charge in [0.05, 0.1) is 0 Å². The molecule has 2 N–H and O–H groups in total. The summed E-state index contributed by atoms with van der Waals surface area (Å²) in [5.41, 5.74) is 7.06. The second-order valence-corrected chi connectivity index (χ2v) is 3.81. The molecule has 0 aromatic heterocycles. The van der Waals surface area contributed by atoms with E-state index in [0.29, 0.717) is 29.4 Å². The summed E-state index contributed by atoms with van der Waals surface area (Å²) in [6.07, 6.45) is 0.708. The number of carbonyl (C=O) groups excluding carboxylic acids is 1. The molecule has 0 saturated heterocycles. The van der Waals surface area contributed by atoms with Gasteiger partial charge in [0.15, 0.2) is 0 Å². The summed E-state index contributed by atoms with van der Waals surface area (Å²) in [7, 11) is 0. The van der Waals surface area contributed by atoms with Gasteiger partial charge in [-0.15, -0.1) is 11.6 Å². The minimum Gasteiger partial charge on any atom is -0.398 e. The summed E-state index contributed by atoms with van der Waals surface area (Å²) in [6.45, 7) is 0. The number of nitrogens with two attached hydrogens (primary N) is 1. The molecular weight excluding hydrogens is 221 g/mol. The van der Waals surface area contributed by atoms with Gasteiger partial charge in [0.25, 0.3) is 0 Å². The zero-order chi connectivity index (χ0) is 10.6. The molecular formula is C10H11Cl2NO. The second-order valence-electron chi connectivity index (χ2n) is 3.00. The van der Waals surface area contributed by atoms with Gasteiger partial charge in [-0.3, -0.25) is 4.79 Å². The van der Waals surface area contributed by atoms with Crippen LogP contribution in [0.25, 0.3) is 0 Å². The van der Waals surface area contributed by atoms with Gasteiger partial charge in [-0.2, -0.15) is 0 Å². The highest BCUT2D eigenvalue weighted by molar-refractivity contribution is 6.30. The summed E-state index contributed by atoms with van der Waals surface area (Å²) in [4.78, 5) is 11.3. The molecule has 0 fully saturated rings. The van der Waals surface area contributed by atoms with Crippen molar-refractivity contribution >= 4 is 34.7 Å². The van der Waals surface area contributed by atoms with Crippen molar-refractivity contribution in [1.29, 1.82) is 0 Å². The van der Waals surface area contributed by atoms with E-state index in [1.807, 2.05) is 0 Å². The molecule has 0 saturated carbocycles. The number of nitrogen functional groups attached to an aromatic ring is 1. The Balaban J connectivity index is 2.72. The SMILES string of the molecule is Nc1cc(Cl)ccc1CC(=O)CCCl. The summed E-state index contributed by atoms with van der Waals surface area (Å²) in [5.74, 6) is 0.445. The standard InChI is InChI=1S/C10H11Cl2NO/c11-4-3-9(14)5-7-1-2-8(12)6-10(7)13/h1-2,6H,3-5,13H2. The molecule has 0 aliphatic rings. The molecule has 0 heterocycles. The zero-order valence-corrected chi connectivity index (χ0v) is 9.11. The molecule has 76 valence electrons. The first kappa shape index (κ1) is 11.3. The monoisotopic (exact) mass is 231 g/mol. The predicted molar refractivity (Wildman–Crippen MR) is 59.9 cm³/mol. The number of Topliss-reactive ketones (excluding diaryl/α,β-unsaturated/α-hetero) is 1. The van der Waals surface area contributed by atoms with Crippen LogP contribution in [0.15, 0.2) is 18.2 Å². The van der Waals surface area contributed by atoms with Crippen molar-refractivity contribution < 1.29 is 4.79 Å². The molecule has 0 spiro atoms. The molecule has 0 bridgehead atoms. The molecule has 0 aliphatic heterocycles. The van der Waals surface area contributed by atoms with E-state index in [0.717, 1.165) is 5.56 Å². The molecule has 0 unspecified atom stereocenters. The Morgan fingerprint density at radius 1 is 1.43 bits per heavy atom. The molecule has 14 heavy (non-hydrogen) atoms. The first-order valence-electron chi connectivity index (χ1n) is 4.25. The van der Waals surface area contributed by atoms with Crippen LogP contribution in [0.3, 0.4) is 0 Å². The van der Waals surface area contributed by atoms with Crippen LogP contribution >= 0.6 is 23.2 Å². The third-order valence-electron chi connectivity index (χ3n) is 1.87. The topological polar surface area (TPSA) is 43.1 Å². The Labute approximate surface area is 93.0 Å². The Morgan fingerprint density at radius 3 is 2.71 bits per heavy atom. The van der Waals surface area contributed by atoms with E-state index >= 15 is 0 Å². The van der Waals surface area contributed by atoms with E-state index in [2.05, 4.69) is 0 Å². The van der Waals surface area contributed by atoms with Gasteiger partial charge in [-0.05, 0) is 17.7 Å². The molecule has 2 nitrogen and oxygen atoms in total. The van der Waals surface area contributed by atoms with E-state index in [1.54, 1.807) is 18.2 Å². The van der Waals surface area contributed by atoms with Gasteiger partial charge < -0.3 is 5.73 Å². The minimum absolute atomic E-state index is 0.0917. The van der Waals surface area contributed by atoms with Crippen LogP contribution in [0.2, 0.25) is 5.02 Å². The maximum absolute atomic E-state index is 11.3. The maximum Gasteiger partial charge on any atom is 0.138 e. The number of anilines is 1. The van der Waals surface area contributed by atoms with E-state index in [9.17, 15) is 4.79 Å². The second kappa shape index (κ2) is 5.23. The molecule has 1 aromatic rings. The number of halogens is 2. The summed E-state index contributed by atoms with van der Waals surface area (Å²) >= 11 is 11.2. The summed E-state index contributed by atoms with van der Waals surface area (Å²) < 4.78 is 0. The van der Waals surface area contributed by atoms with Crippen LogP contribution in [0, 0.1) is 0 Å². The quantitative estimate of drug-likeness (QED) is 0.640. The highest BCUT2D eigenvalue weighted by Crippen LogP contribution is 2.18. The van der Waals surface area contributed by atoms with Crippen LogP contribution in [0.1, 0.15) is 12.0 Å². The fraction of sp³-hybridized carbons (Fsp3) is 0.300. The molecule has 1 aromatic carbocycles. The van der Waals surface area contributed by atoms with Gasteiger partial charge in [0, 0.05) is 29.4 Å². The molecule has 4 heteroatoms. The smallest absolute Gasteiger partial charge is 0.138 e. The molecule has 0 aliphatic carbocycles. The molecule has 0 atom stereocenters. The number of hydrogen-bond donors (Lipinski definition) is 1. The van der Waals surface area contributed by atoms with Crippen LogP contribution in [0.5, 0.6) is 0 Å². The van der Waals surface area contributed by atoms with Crippen molar-refractivity contribution in [2.45, 2.75) is 12.8 Å². The normalized spacial score (nSPS) is 10.1. The van der Waals surface area contributed by atoms with Gasteiger partial charge in [0.1, 0.15) is 5.78 Å². The molecule has 0 radical (unpaired) electrons. The van der Waals surface area contributed by atoms with Crippen molar-refractivity contribution in [3.05, 3.63) is 28.8 Å². The predicted octanol–water partition coefficient (Wildman–Crippen LogP) is 2.66. The summed E-state index contributed by atoms with van der Waals surface area (Å²) in [5, 5.41) is 0.580. The van der Waals surface area contributed by atoms with E-state index < -0.39 is 0 Å². The van der Waals surface area contributed by atoms with Gasteiger partial charge >= 0.3 is 0 Å². The lowest BCUT2D eigenvalue weighted by atomic mass is 10.1. The number of ketones is 1. The molecule has 1 rings (SSSR count). The van der Waals surface area contributed by atoms with E-state index in [-0.39, 0.29) is 5.78 Å². The largest absolute Gasteiger partial charge is 0.398 e. The van der Waals surface area contributed by atoms with E-state index in [4.69, 9.17) is 28.9 Å². The number of alkyl halides is 1. The van der Waals surface area contributed by atoms with Crippen LogP contribution in [0.4, 0.5) is 5.69 Å². The third kappa shape index (κ3) is 3.20. The Morgan fingerprint density at radius 2 is 2.14 bits per heavy atom. The van der Waals surface area contributed by atoms with Crippen LogP contribution < -0.4 is 5.73 Å². The average molecular weight is 232 g/mol. The third-order valence-corrected chi connectivity index (χ3v) is 2.29. The first-order chi connectivity index (χ1) is 6.63. The van der Waals surface area contributed by atoms with Crippen LogP contribution in [-0.4, -0.2) is 11.7 Å². The van der Waals surface area contributed by atoms with Gasteiger partial charge in [-0.25, -0.2) is 0 Å². The fourth-order valence-corrected chi connectivity index (χ4v) is 1.52. The molecule has 0 amide bonds. The lowest BCUT2D eigenvalue weighted by Gasteiger charge is -2.04. The van der Waals surface area contributed by atoms with Crippen molar-refractivity contribution in [3.8, 4) is 0 Å². The van der Waals surface area contributed by atoms with Crippen molar-refractivity contribution in [2.75, 3.05) is 11.6 Å². The van der Waals surface area contributed by atoms with Gasteiger partial charge in [0.2, 0.25) is 0 Å². The van der Waals surface area contributed by atoms with E-state index in [1.165, 1.54) is 0 Å². The highest BCUT2D eigenvalue weighted by Gasteiger charge is 2.06. The van der Waals surface area contributed by atoms with Crippen molar-refractivity contribution in [3.63, 3.8) is 0 Å².